The van der Waals surface area contributed by atoms with Gasteiger partial charge in [0, 0.05) is 43.8 Å². The van der Waals surface area contributed by atoms with Crippen molar-refractivity contribution in [3.63, 3.8) is 0 Å². The summed E-state index contributed by atoms with van der Waals surface area (Å²) >= 11 is 0. The molecule has 1 fully saturated rings. The number of rotatable bonds is 6. The van der Waals surface area contributed by atoms with E-state index < -0.39 is 0 Å². The maximum Gasteiger partial charge on any atom is 0.275 e. The van der Waals surface area contributed by atoms with Gasteiger partial charge in [0.2, 0.25) is 0 Å². The molecular weight excluding hydrogens is 382 g/mol. The Kier molecular flexibility index (Phi) is 5.50. The van der Waals surface area contributed by atoms with Crippen molar-refractivity contribution in [3.8, 4) is 18.1 Å². The van der Waals surface area contributed by atoms with Gasteiger partial charge in [-0.2, -0.15) is 5.10 Å². The molecule has 9 heteroatoms. The summed E-state index contributed by atoms with van der Waals surface area (Å²) in [5.74, 6) is 3.27. The van der Waals surface area contributed by atoms with Crippen LogP contribution in [0.5, 0.6) is 5.75 Å². The van der Waals surface area contributed by atoms with Crippen LogP contribution in [-0.4, -0.2) is 58.4 Å². The molecule has 4 rings (SSSR count). The number of terminal acetylenes is 1. The predicted octanol–water partition coefficient (Wildman–Crippen LogP) is 1.43. The van der Waals surface area contributed by atoms with Crippen LogP contribution in [0.3, 0.4) is 0 Å². The van der Waals surface area contributed by atoms with Crippen molar-refractivity contribution in [1.82, 2.24) is 25.1 Å². The molecule has 1 atom stereocenters. The van der Waals surface area contributed by atoms with Crippen molar-refractivity contribution in [2.75, 3.05) is 37.0 Å². The number of amides is 1. The van der Waals surface area contributed by atoms with Gasteiger partial charge < -0.3 is 20.3 Å². The van der Waals surface area contributed by atoms with E-state index in [1.54, 1.807) is 23.0 Å². The van der Waals surface area contributed by atoms with E-state index >= 15 is 0 Å². The lowest BCUT2D eigenvalue weighted by atomic mass is 10.2. The van der Waals surface area contributed by atoms with Crippen LogP contribution in [0.2, 0.25) is 0 Å². The van der Waals surface area contributed by atoms with Gasteiger partial charge >= 0.3 is 0 Å². The summed E-state index contributed by atoms with van der Waals surface area (Å²) in [5.41, 5.74) is 1.47. The van der Waals surface area contributed by atoms with Crippen molar-refractivity contribution in [3.05, 3.63) is 36.4 Å². The van der Waals surface area contributed by atoms with Crippen LogP contribution in [0.1, 0.15) is 16.9 Å². The molecule has 9 nitrogen and oxygen atoms in total. The highest BCUT2D eigenvalue weighted by atomic mass is 16.5. The number of hydrogen-bond acceptors (Lipinski definition) is 7. The normalized spacial score (nSPS) is 15.9. The zero-order valence-electron chi connectivity index (χ0n) is 16.9. The molecule has 1 aliphatic heterocycles. The quantitative estimate of drug-likeness (QED) is 0.599. The zero-order valence-corrected chi connectivity index (χ0v) is 16.9. The second kappa shape index (κ2) is 8.39. The van der Waals surface area contributed by atoms with E-state index in [1.165, 1.54) is 6.20 Å². The molecule has 0 spiro atoms. The summed E-state index contributed by atoms with van der Waals surface area (Å²) in [5, 5.41) is 11.3. The number of anilines is 2. The number of fused-ring (bicyclic) bond motifs is 1. The Morgan fingerprint density at radius 3 is 2.93 bits per heavy atom. The van der Waals surface area contributed by atoms with Crippen LogP contribution in [0.4, 0.5) is 11.5 Å². The third kappa shape index (κ3) is 4.04. The third-order valence-corrected chi connectivity index (χ3v) is 5.07. The zero-order chi connectivity index (χ0) is 21.1. The van der Waals surface area contributed by atoms with Crippen LogP contribution in [0.15, 0.2) is 30.7 Å². The number of hydrogen-bond donors (Lipinski definition) is 2. The monoisotopic (exact) mass is 405 g/mol. The minimum atomic E-state index is -0.377. The van der Waals surface area contributed by atoms with E-state index in [-0.39, 0.29) is 18.2 Å². The summed E-state index contributed by atoms with van der Waals surface area (Å²) < 4.78 is 7.30. The first-order valence-electron chi connectivity index (χ1n) is 9.66. The molecule has 0 radical (unpaired) electrons. The lowest BCUT2D eigenvalue weighted by molar-refractivity contribution is 0.102. The standard InChI is InChI=1S/C21H23N7O2/c1-4-7-30-19-9-16-14(12-27(3)26-16)8-17(19)25-21(29)18-10-24-20(11-23-18)28-6-5-15(13-28)22-2/h1,8-12,15,22H,5-7,13H2,2-3H3,(H,25,29). The fourth-order valence-corrected chi connectivity index (χ4v) is 3.50. The fraction of sp³-hybridized carbons (Fsp3) is 0.333. The van der Waals surface area contributed by atoms with Gasteiger partial charge in [0.15, 0.2) is 0 Å². The molecule has 154 valence electrons. The largest absolute Gasteiger partial charge is 0.479 e. The second-order valence-corrected chi connectivity index (χ2v) is 7.14. The lowest BCUT2D eigenvalue weighted by Crippen LogP contribution is -2.30. The Labute approximate surface area is 174 Å². The summed E-state index contributed by atoms with van der Waals surface area (Å²) in [6.45, 7) is 1.86. The molecule has 1 amide bonds. The van der Waals surface area contributed by atoms with E-state index in [0.29, 0.717) is 17.5 Å². The lowest BCUT2D eigenvalue weighted by Gasteiger charge is -2.17. The molecule has 0 bridgehead atoms. The first-order chi connectivity index (χ1) is 14.6. The van der Waals surface area contributed by atoms with Crippen molar-refractivity contribution in [2.45, 2.75) is 12.5 Å². The Hall–Kier alpha value is -3.64. The Morgan fingerprint density at radius 1 is 1.37 bits per heavy atom. The second-order valence-electron chi connectivity index (χ2n) is 7.14. The third-order valence-electron chi connectivity index (χ3n) is 5.07. The Balaban J connectivity index is 1.53. The molecule has 1 aliphatic rings. The van der Waals surface area contributed by atoms with Gasteiger partial charge in [-0.3, -0.25) is 9.48 Å². The van der Waals surface area contributed by atoms with Gasteiger partial charge in [0.25, 0.3) is 5.91 Å². The first-order valence-corrected chi connectivity index (χ1v) is 9.66. The van der Waals surface area contributed by atoms with Crippen molar-refractivity contribution < 1.29 is 9.53 Å². The average molecular weight is 405 g/mol. The van der Waals surface area contributed by atoms with Crippen molar-refractivity contribution in [2.24, 2.45) is 7.05 Å². The minimum absolute atomic E-state index is 0.0825. The molecule has 1 saturated heterocycles. The number of ether oxygens (including phenoxy) is 1. The molecule has 0 aliphatic carbocycles. The maximum atomic E-state index is 12.8. The highest BCUT2D eigenvalue weighted by Crippen LogP contribution is 2.30. The van der Waals surface area contributed by atoms with Crippen LogP contribution in [0.25, 0.3) is 10.9 Å². The van der Waals surface area contributed by atoms with Gasteiger partial charge in [0.05, 0.1) is 23.6 Å². The van der Waals surface area contributed by atoms with E-state index in [2.05, 4.69) is 36.5 Å². The van der Waals surface area contributed by atoms with Gasteiger partial charge in [-0.15, -0.1) is 6.42 Å². The molecule has 1 unspecified atom stereocenters. The van der Waals surface area contributed by atoms with Gasteiger partial charge in [-0.25, -0.2) is 9.97 Å². The number of aromatic nitrogens is 4. The molecule has 2 aromatic heterocycles. The van der Waals surface area contributed by atoms with Gasteiger partial charge in [-0.05, 0) is 19.5 Å². The summed E-state index contributed by atoms with van der Waals surface area (Å²) in [6.07, 6.45) is 11.3. The van der Waals surface area contributed by atoms with Gasteiger partial charge in [-0.1, -0.05) is 5.92 Å². The minimum Gasteiger partial charge on any atom is -0.479 e. The topological polar surface area (TPSA) is 97.2 Å². The van der Waals surface area contributed by atoms with Gasteiger partial charge in [0.1, 0.15) is 23.9 Å². The number of carbonyl (C=O) groups is 1. The number of carbonyl (C=O) groups excluding carboxylic acids is 1. The molecule has 30 heavy (non-hydrogen) atoms. The number of nitrogens with one attached hydrogen (secondary N) is 2. The summed E-state index contributed by atoms with van der Waals surface area (Å²) in [7, 11) is 3.79. The molecule has 2 N–H and O–H groups in total. The van der Waals surface area contributed by atoms with E-state index in [4.69, 9.17) is 11.2 Å². The van der Waals surface area contributed by atoms with Crippen LogP contribution >= 0.6 is 0 Å². The number of benzene rings is 1. The first kappa shape index (κ1) is 19.7. The average Bonchev–Trinajstić information content (AvgIpc) is 3.37. The SMILES string of the molecule is C#CCOc1cc2nn(C)cc2cc1NC(=O)c1cnc(N2CCC(NC)C2)cn1. The number of aryl methyl sites for hydroxylation is 1. The summed E-state index contributed by atoms with van der Waals surface area (Å²) in [6, 6.07) is 4.00. The Morgan fingerprint density at radius 2 is 2.23 bits per heavy atom. The van der Waals surface area contributed by atoms with E-state index in [1.807, 2.05) is 20.3 Å². The highest BCUT2D eigenvalue weighted by molar-refractivity contribution is 6.04. The van der Waals surface area contributed by atoms with Crippen LogP contribution in [-0.2, 0) is 7.05 Å². The summed E-state index contributed by atoms with van der Waals surface area (Å²) in [4.78, 5) is 23.6. The van der Waals surface area contributed by atoms with Crippen LogP contribution < -0.4 is 20.3 Å². The predicted molar refractivity (Wildman–Crippen MR) is 115 cm³/mol. The number of nitrogens with zero attached hydrogens (tertiary/aromatic N) is 5. The fourth-order valence-electron chi connectivity index (χ4n) is 3.50. The Bertz CT molecular complexity index is 1100. The molecule has 0 saturated carbocycles. The van der Waals surface area contributed by atoms with E-state index in [0.717, 1.165) is 36.2 Å². The maximum absolute atomic E-state index is 12.8. The van der Waals surface area contributed by atoms with Crippen molar-refractivity contribution >= 4 is 28.3 Å². The smallest absolute Gasteiger partial charge is 0.275 e. The van der Waals surface area contributed by atoms with E-state index in [9.17, 15) is 4.79 Å². The molecular formula is C21H23N7O2. The molecule has 1 aromatic carbocycles. The number of likely N-dealkylation sites (N-methyl/N-ethyl adjacent to an activating group) is 1. The van der Waals surface area contributed by atoms with Crippen LogP contribution in [0, 0.1) is 12.3 Å². The molecule has 3 aromatic rings. The molecule has 3 heterocycles. The van der Waals surface area contributed by atoms with Crippen molar-refractivity contribution in [1.29, 1.82) is 0 Å². The highest BCUT2D eigenvalue weighted by Gasteiger charge is 2.22.